The molecule has 0 bridgehead atoms. The van der Waals surface area contributed by atoms with Crippen LogP contribution in [0.1, 0.15) is 5.56 Å². The van der Waals surface area contributed by atoms with Gasteiger partial charge in [-0.25, -0.2) is 9.97 Å². The molecule has 0 aliphatic rings. The van der Waals surface area contributed by atoms with E-state index in [4.69, 9.17) is 4.74 Å². The summed E-state index contributed by atoms with van der Waals surface area (Å²) in [6, 6.07) is 27.8. The van der Waals surface area contributed by atoms with E-state index in [0.717, 1.165) is 16.7 Å². The number of aromatic nitrogens is 2. The molecule has 4 aromatic rings. The minimum atomic E-state index is 0.517. The Morgan fingerprint density at radius 3 is 2.16 bits per heavy atom. The first-order chi connectivity index (χ1) is 12.3. The molecule has 0 spiro atoms. The first-order valence-corrected chi connectivity index (χ1v) is 8.38. The molecule has 0 atom stereocenters. The van der Waals surface area contributed by atoms with E-state index in [2.05, 4.69) is 34.7 Å². The van der Waals surface area contributed by atoms with Gasteiger partial charge < -0.3 is 4.74 Å². The summed E-state index contributed by atoms with van der Waals surface area (Å²) in [7, 11) is 0. The molecule has 4 rings (SSSR count). The predicted octanol–water partition coefficient (Wildman–Crippen LogP) is 5.18. The number of nitrogens with zero attached hydrogens (tertiary/aromatic N) is 2. The number of hydrogen-bond donors (Lipinski definition) is 1. The average molecular weight is 346 g/mol. The zero-order valence-electron chi connectivity index (χ0n) is 13.6. The maximum absolute atomic E-state index is 5.59. The molecule has 0 fully saturated rings. The first-order valence-electron chi connectivity index (χ1n) is 7.94. The molecular formula is C21H18N2OS. The lowest BCUT2D eigenvalue weighted by molar-refractivity contribution is 0.306. The van der Waals surface area contributed by atoms with Crippen LogP contribution in [-0.4, -0.2) is 9.97 Å². The van der Waals surface area contributed by atoms with Crippen molar-refractivity contribution in [2.24, 2.45) is 0 Å². The topological polar surface area (TPSA) is 35.0 Å². The van der Waals surface area contributed by atoms with Gasteiger partial charge in [-0.15, -0.1) is 12.6 Å². The van der Waals surface area contributed by atoms with Gasteiger partial charge in [-0.05, 0) is 23.8 Å². The number of rotatable bonds is 3. The van der Waals surface area contributed by atoms with Gasteiger partial charge in [0.1, 0.15) is 12.4 Å². The van der Waals surface area contributed by atoms with Crippen molar-refractivity contribution in [2.75, 3.05) is 0 Å². The normalized spacial score (nSPS) is 9.96. The lowest BCUT2D eigenvalue weighted by Crippen LogP contribution is -1.94. The zero-order chi connectivity index (χ0) is 17.3. The fourth-order valence-electron chi connectivity index (χ4n) is 2.22. The largest absolute Gasteiger partial charge is 0.489 e. The second-order valence-corrected chi connectivity index (χ2v) is 5.72. The van der Waals surface area contributed by atoms with Crippen molar-refractivity contribution >= 4 is 23.5 Å². The second-order valence-electron chi connectivity index (χ2n) is 5.32. The van der Waals surface area contributed by atoms with Crippen LogP contribution in [0.5, 0.6) is 5.75 Å². The van der Waals surface area contributed by atoms with Crippen LogP contribution in [0.3, 0.4) is 0 Å². The summed E-state index contributed by atoms with van der Waals surface area (Å²) in [6.07, 6.45) is 1.77. The van der Waals surface area contributed by atoms with Crippen molar-refractivity contribution in [3.8, 4) is 5.75 Å². The van der Waals surface area contributed by atoms with Crippen LogP contribution in [0.25, 0.3) is 10.9 Å². The highest BCUT2D eigenvalue weighted by Crippen LogP contribution is 2.11. The molecule has 25 heavy (non-hydrogen) atoms. The van der Waals surface area contributed by atoms with E-state index in [0.29, 0.717) is 11.8 Å². The Morgan fingerprint density at radius 1 is 0.760 bits per heavy atom. The van der Waals surface area contributed by atoms with Gasteiger partial charge in [0.15, 0.2) is 5.16 Å². The fourth-order valence-corrected chi connectivity index (χ4v) is 2.39. The summed E-state index contributed by atoms with van der Waals surface area (Å²) in [5.41, 5.74) is 2.13. The lowest BCUT2D eigenvalue weighted by Gasteiger charge is -2.05. The van der Waals surface area contributed by atoms with Crippen molar-refractivity contribution in [2.45, 2.75) is 11.8 Å². The van der Waals surface area contributed by atoms with Crippen molar-refractivity contribution in [3.63, 3.8) is 0 Å². The molecule has 1 aromatic heterocycles. The molecule has 0 saturated heterocycles. The number of fused-ring (bicyclic) bond motifs is 1. The van der Waals surface area contributed by atoms with E-state index in [1.54, 1.807) is 6.20 Å². The monoisotopic (exact) mass is 346 g/mol. The van der Waals surface area contributed by atoms with Gasteiger partial charge in [0, 0.05) is 11.6 Å². The molecule has 0 radical (unpaired) electrons. The van der Waals surface area contributed by atoms with E-state index in [-0.39, 0.29) is 0 Å². The van der Waals surface area contributed by atoms with Gasteiger partial charge in [0.2, 0.25) is 0 Å². The Hall–Kier alpha value is -2.85. The Labute approximate surface area is 152 Å². The summed E-state index contributed by atoms with van der Waals surface area (Å²) in [6.45, 7) is 0.630. The molecule has 0 aliphatic heterocycles. The minimum Gasteiger partial charge on any atom is -0.489 e. The smallest absolute Gasteiger partial charge is 0.184 e. The number of ether oxygens (including phenoxy) is 1. The predicted molar refractivity (Wildman–Crippen MR) is 104 cm³/mol. The van der Waals surface area contributed by atoms with Crippen LogP contribution in [0.15, 0.2) is 96.3 Å². The fraction of sp³-hybridized carbons (Fsp3) is 0.0476. The highest BCUT2D eigenvalue weighted by atomic mass is 32.1. The van der Waals surface area contributed by atoms with Crippen molar-refractivity contribution < 1.29 is 4.74 Å². The molecule has 0 amide bonds. The Morgan fingerprint density at radius 2 is 1.40 bits per heavy atom. The molecule has 0 saturated carbocycles. The van der Waals surface area contributed by atoms with Crippen LogP contribution in [0.2, 0.25) is 0 Å². The van der Waals surface area contributed by atoms with Gasteiger partial charge in [0.05, 0.1) is 5.52 Å². The zero-order valence-corrected chi connectivity index (χ0v) is 14.5. The van der Waals surface area contributed by atoms with E-state index >= 15 is 0 Å². The van der Waals surface area contributed by atoms with E-state index in [9.17, 15) is 0 Å². The summed E-state index contributed by atoms with van der Waals surface area (Å²) in [5.74, 6) is 0.913. The van der Waals surface area contributed by atoms with E-state index in [1.165, 1.54) is 5.56 Å². The first kappa shape index (κ1) is 17.0. The third-order valence-corrected chi connectivity index (χ3v) is 3.68. The van der Waals surface area contributed by atoms with Crippen molar-refractivity contribution in [3.05, 3.63) is 96.7 Å². The Bertz CT molecular complexity index is 875. The molecule has 0 N–H and O–H groups in total. The molecule has 0 unspecified atom stereocenters. The molecular weight excluding hydrogens is 328 g/mol. The van der Waals surface area contributed by atoms with E-state index in [1.807, 2.05) is 72.8 Å². The van der Waals surface area contributed by atoms with Gasteiger partial charge in [-0.3, -0.25) is 0 Å². The van der Waals surface area contributed by atoms with Crippen LogP contribution in [0, 0.1) is 0 Å². The number of hydrogen-bond acceptors (Lipinski definition) is 4. The quantitative estimate of drug-likeness (QED) is 0.410. The summed E-state index contributed by atoms with van der Waals surface area (Å²) >= 11 is 4.04. The summed E-state index contributed by atoms with van der Waals surface area (Å²) in [5, 5.41) is 1.56. The highest BCUT2D eigenvalue weighted by molar-refractivity contribution is 7.80. The van der Waals surface area contributed by atoms with Crippen molar-refractivity contribution in [1.82, 2.24) is 9.97 Å². The summed E-state index contributed by atoms with van der Waals surface area (Å²) in [4.78, 5) is 8.09. The third kappa shape index (κ3) is 5.33. The highest BCUT2D eigenvalue weighted by Gasteiger charge is 1.93. The third-order valence-electron chi connectivity index (χ3n) is 3.47. The minimum absolute atomic E-state index is 0.517. The number of thiol groups is 1. The molecule has 124 valence electrons. The van der Waals surface area contributed by atoms with E-state index < -0.39 is 0 Å². The average Bonchev–Trinajstić information content (AvgIpc) is 2.68. The number of benzene rings is 3. The SMILES string of the molecule is Sc1ncc2ccccc2n1.c1ccc(COc2ccccc2)cc1. The maximum Gasteiger partial charge on any atom is 0.184 e. The van der Waals surface area contributed by atoms with Gasteiger partial charge >= 0.3 is 0 Å². The second kappa shape index (κ2) is 8.85. The molecule has 3 aromatic carbocycles. The van der Waals surface area contributed by atoms with Crippen LogP contribution < -0.4 is 4.74 Å². The number of para-hydroxylation sites is 2. The van der Waals surface area contributed by atoms with Crippen LogP contribution in [0.4, 0.5) is 0 Å². The molecule has 3 nitrogen and oxygen atoms in total. The van der Waals surface area contributed by atoms with Crippen LogP contribution in [-0.2, 0) is 6.61 Å². The van der Waals surface area contributed by atoms with Gasteiger partial charge in [0.25, 0.3) is 0 Å². The van der Waals surface area contributed by atoms with Gasteiger partial charge in [-0.2, -0.15) is 0 Å². The lowest BCUT2D eigenvalue weighted by atomic mass is 10.2. The Balaban J connectivity index is 0.000000150. The molecule has 1 heterocycles. The maximum atomic E-state index is 5.59. The standard InChI is InChI=1S/C13H12O.C8H6N2S/c1-3-7-12(8-4-1)11-14-13-9-5-2-6-10-13;11-8-9-5-6-3-1-2-4-7(6)10-8/h1-10H,11H2;1-5H,(H,9,10,11). The Kier molecular flexibility index (Phi) is 6.01. The van der Waals surface area contributed by atoms with Crippen LogP contribution >= 0.6 is 12.6 Å². The van der Waals surface area contributed by atoms with Crippen molar-refractivity contribution in [1.29, 1.82) is 0 Å². The molecule has 4 heteroatoms. The summed E-state index contributed by atoms with van der Waals surface area (Å²) < 4.78 is 5.59. The van der Waals surface area contributed by atoms with Gasteiger partial charge in [-0.1, -0.05) is 66.7 Å². The molecule has 0 aliphatic carbocycles.